The van der Waals surface area contributed by atoms with E-state index in [1.807, 2.05) is 6.92 Å². The number of nitrogens with two attached hydrogens (primary N) is 2. The minimum Gasteiger partial charge on any atom is -0.370 e. The minimum atomic E-state index is -3.74. The molecule has 0 aliphatic carbocycles. The summed E-state index contributed by atoms with van der Waals surface area (Å²) in [5, 5.41) is 0. The minimum absolute atomic E-state index is 0.118. The second kappa shape index (κ2) is 5.71. The number of aryl methyl sites for hydroxylation is 1. The molecule has 112 valence electrons. The van der Waals surface area contributed by atoms with Gasteiger partial charge in [0.2, 0.25) is 5.91 Å². The van der Waals surface area contributed by atoms with E-state index in [9.17, 15) is 13.2 Å². The molecule has 4 N–H and O–H groups in total. The molecule has 0 spiro atoms. The molecular weight excluding hydrogens is 290 g/mol. The lowest BCUT2D eigenvalue weighted by molar-refractivity contribution is -0.118. The zero-order valence-corrected chi connectivity index (χ0v) is 12.4. The van der Waals surface area contributed by atoms with Crippen LogP contribution in [-0.4, -0.2) is 18.3 Å². The van der Waals surface area contributed by atoms with Crippen molar-refractivity contribution in [1.29, 1.82) is 0 Å². The highest BCUT2D eigenvalue weighted by Crippen LogP contribution is 2.21. The number of amides is 1. The Morgan fingerprint density at radius 3 is 2.43 bits per heavy atom. The number of carbonyl (C=O) groups is 1. The van der Waals surface area contributed by atoms with Crippen molar-refractivity contribution in [2.75, 3.05) is 0 Å². The summed E-state index contributed by atoms with van der Waals surface area (Å²) in [6.45, 7) is 1.88. The second-order valence-electron chi connectivity index (χ2n) is 4.82. The zero-order chi connectivity index (χ0) is 15.6. The van der Waals surface area contributed by atoms with E-state index >= 15 is 0 Å². The molecule has 2 aromatic rings. The number of nitrogens with zero attached hydrogens (tertiary/aromatic N) is 1. The lowest BCUT2D eigenvalue weighted by atomic mass is 10.1. The Kier molecular flexibility index (Phi) is 4.15. The van der Waals surface area contributed by atoms with Gasteiger partial charge in [-0.25, -0.2) is 12.4 Å². The van der Waals surface area contributed by atoms with Crippen molar-refractivity contribution in [3.05, 3.63) is 53.9 Å². The maximum atomic E-state index is 12.6. The molecule has 21 heavy (non-hydrogen) atoms. The van der Waals surface area contributed by atoms with Crippen molar-refractivity contribution in [3.63, 3.8) is 0 Å². The fourth-order valence-electron chi connectivity index (χ4n) is 2.03. The molecule has 0 aliphatic heterocycles. The largest absolute Gasteiger partial charge is 0.370 e. The highest BCUT2D eigenvalue weighted by Gasteiger charge is 2.22. The quantitative estimate of drug-likeness (QED) is 0.855. The average molecular weight is 307 g/mol. The number of rotatable bonds is 5. The number of carbonyl (C=O) groups excluding carboxylic acids is 1. The van der Waals surface area contributed by atoms with Gasteiger partial charge in [-0.15, -0.1) is 0 Å². The number of primary amides is 1. The summed E-state index contributed by atoms with van der Waals surface area (Å²) in [5.41, 5.74) is 12.3. The predicted octanol–water partition coefficient (Wildman–Crippen LogP) is 0.909. The Morgan fingerprint density at radius 1 is 1.24 bits per heavy atom. The Bertz CT molecular complexity index is 748. The summed E-state index contributed by atoms with van der Waals surface area (Å²) in [6, 6.07) is 8.89. The van der Waals surface area contributed by atoms with Gasteiger partial charge in [0.1, 0.15) is 0 Å². The lowest BCUT2D eigenvalue weighted by Gasteiger charge is -2.15. The molecule has 1 heterocycles. The number of benzene rings is 1. The van der Waals surface area contributed by atoms with E-state index in [1.54, 1.807) is 24.3 Å². The summed E-state index contributed by atoms with van der Waals surface area (Å²) in [6.07, 6.45) is 1.29. The van der Waals surface area contributed by atoms with Gasteiger partial charge in [-0.1, -0.05) is 17.7 Å². The predicted molar refractivity (Wildman–Crippen MR) is 78.9 cm³/mol. The molecule has 0 radical (unpaired) electrons. The van der Waals surface area contributed by atoms with Crippen LogP contribution in [0.4, 0.5) is 0 Å². The second-order valence-corrected chi connectivity index (χ2v) is 6.64. The average Bonchev–Trinajstić information content (AvgIpc) is 2.88. The Labute approximate surface area is 123 Å². The van der Waals surface area contributed by atoms with Crippen LogP contribution in [0.3, 0.4) is 0 Å². The van der Waals surface area contributed by atoms with E-state index in [-0.39, 0.29) is 11.3 Å². The van der Waals surface area contributed by atoms with Gasteiger partial charge in [0, 0.05) is 12.6 Å². The summed E-state index contributed by atoms with van der Waals surface area (Å²) >= 11 is 0. The van der Waals surface area contributed by atoms with Gasteiger partial charge in [0.15, 0.2) is 0 Å². The summed E-state index contributed by atoms with van der Waals surface area (Å²) in [5.74, 6) is -0.581. The smallest absolute Gasteiger partial charge is 0.267 e. The van der Waals surface area contributed by atoms with Crippen LogP contribution in [0, 0.1) is 6.92 Å². The molecule has 7 heteroatoms. The summed E-state index contributed by atoms with van der Waals surface area (Å²) in [7, 11) is -3.74. The number of hydrogen-bond donors (Lipinski definition) is 2. The Hall–Kier alpha value is -2.12. The first-order valence-corrected chi connectivity index (χ1v) is 7.80. The van der Waals surface area contributed by atoms with Crippen molar-refractivity contribution in [3.8, 4) is 0 Å². The fourth-order valence-corrected chi connectivity index (χ4v) is 3.44. The van der Waals surface area contributed by atoms with E-state index in [4.69, 9.17) is 11.5 Å². The maximum Gasteiger partial charge on any atom is 0.267 e. The van der Waals surface area contributed by atoms with E-state index < -0.39 is 22.0 Å². The molecule has 1 amide bonds. The van der Waals surface area contributed by atoms with Crippen molar-refractivity contribution < 1.29 is 13.2 Å². The van der Waals surface area contributed by atoms with E-state index in [1.165, 1.54) is 18.3 Å². The van der Waals surface area contributed by atoms with Crippen LogP contribution >= 0.6 is 0 Å². The van der Waals surface area contributed by atoms with Gasteiger partial charge in [0.05, 0.1) is 16.6 Å². The molecule has 1 aromatic carbocycles. The molecule has 1 aromatic heterocycles. The van der Waals surface area contributed by atoms with Gasteiger partial charge in [-0.2, -0.15) is 0 Å². The summed E-state index contributed by atoms with van der Waals surface area (Å²) < 4.78 is 26.3. The first-order chi connectivity index (χ1) is 9.82. The van der Waals surface area contributed by atoms with Crippen LogP contribution < -0.4 is 11.5 Å². The molecule has 6 nitrogen and oxygen atoms in total. The van der Waals surface area contributed by atoms with Gasteiger partial charge in [0.25, 0.3) is 10.0 Å². The molecular formula is C14H17N3O3S. The molecule has 0 saturated heterocycles. The van der Waals surface area contributed by atoms with Gasteiger partial charge in [-0.05, 0) is 31.2 Å². The van der Waals surface area contributed by atoms with Gasteiger partial charge >= 0.3 is 0 Å². The fraction of sp³-hybridized carbons (Fsp3) is 0.214. The van der Waals surface area contributed by atoms with E-state index in [2.05, 4.69) is 0 Å². The van der Waals surface area contributed by atoms with Crippen LogP contribution in [0.5, 0.6) is 0 Å². The standard InChI is InChI=1S/C14H17N3O3S/c1-10-4-6-11(7-5-10)21(19,20)17-8-2-3-13(17)12(15)9-14(16)18/h2-8,12H,9,15H2,1H3,(H2,16,18). The van der Waals surface area contributed by atoms with Crippen LogP contribution in [0.25, 0.3) is 0 Å². The van der Waals surface area contributed by atoms with Crippen molar-refractivity contribution in [2.24, 2.45) is 11.5 Å². The number of hydrogen-bond acceptors (Lipinski definition) is 4. The third kappa shape index (κ3) is 3.14. The third-order valence-corrected chi connectivity index (χ3v) is 4.84. The van der Waals surface area contributed by atoms with Crippen LogP contribution in [0.15, 0.2) is 47.5 Å². The molecule has 0 fully saturated rings. The topological polar surface area (TPSA) is 108 Å². The van der Waals surface area contributed by atoms with Crippen molar-refractivity contribution in [1.82, 2.24) is 3.97 Å². The van der Waals surface area contributed by atoms with Crippen LogP contribution in [0.2, 0.25) is 0 Å². The first kappa shape index (κ1) is 15.3. The third-order valence-electron chi connectivity index (χ3n) is 3.12. The highest BCUT2D eigenvalue weighted by molar-refractivity contribution is 7.90. The Morgan fingerprint density at radius 2 is 1.86 bits per heavy atom. The molecule has 1 atom stereocenters. The molecule has 2 rings (SSSR count). The normalized spacial score (nSPS) is 13.0. The van der Waals surface area contributed by atoms with Crippen LogP contribution in [0.1, 0.15) is 23.7 Å². The first-order valence-electron chi connectivity index (χ1n) is 6.36. The molecule has 0 bridgehead atoms. The highest BCUT2D eigenvalue weighted by atomic mass is 32.2. The molecule has 1 unspecified atom stereocenters. The monoisotopic (exact) mass is 307 g/mol. The Balaban J connectivity index is 2.44. The lowest BCUT2D eigenvalue weighted by Crippen LogP contribution is -2.25. The summed E-state index contributed by atoms with van der Waals surface area (Å²) in [4.78, 5) is 11.1. The van der Waals surface area contributed by atoms with Crippen LogP contribution in [-0.2, 0) is 14.8 Å². The maximum absolute atomic E-state index is 12.6. The molecule has 0 saturated carbocycles. The van der Waals surface area contributed by atoms with Gasteiger partial charge in [-0.3, -0.25) is 4.79 Å². The SMILES string of the molecule is Cc1ccc(S(=O)(=O)n2cccc2C(N)CC(N)=O)cc1. The van der Waals surface area contributed by atoms with E-state index in [0.717, 1.165) is 9.54 Å². The van der Waals surface area contributed by atoms with E-state index in [0.29, 0.717) is 5.69 Å². The molecule has 0 aliphatic rings. The number of aromatic nitrogens is 1. The van der Waals surface area contributed by atoms with Crippen molar-refractivity contribution >= 4 is 15.9 Å². The zero-order valence-electron chi connectivity index (χ0n) is 11.6. The van der Waals surface area contributed by atoms with Crippen molar-refractivity contribution in [2.45, 2.75) is 24.3 Å². The van der Waals surface area contributed by atoms with Gasteiger partial charge < -0.3 is 11.5 Å².